The van der Waals surface area contributed by atoms with Gasteiger partial charge in [-0.15, -0.1) is 0 Å². The Bertz CT molecular complexity index is 382. The van der Waals surface area contributed by atoms with Crippen LogP contribution >= 0.6 is 0 Å². The van der Waals surface area contributed by atoms with Gasteiger partial charge in [0.1, 0.15) is 11.9 Å². The van der Waals surface area contributed by atoms with E-state index in [4.69, 9.17) is 5.26 Å². The van der Waals surface area contributed by atoms with Crippen molar-refractivity contribution in [3.8, 4) is 6.07 Å². The molecule has 0 fully saturated rings. The van der Waals surface area contributed by atoms with Crippen LogP contribution in [0.25, 0.3) is 0 Å². The number of halogens is 1. The number of hydrogen-bond donors (Lipinski definition) is 0. The van der Waals surface area contributed by atoms with Gasteiger partial charge >= 0.3 is 0 Å². The molecule has 0 saturated heterocycles. The highest BCUT2D eigenvalue weighted by Gasteiger charge is 2.31. The minimum atomic E-state index is -2.05. The molecular weight excluding hydrogens is 193 g/mol. The fourth-order valence-corrected chi connectivity index (χ4v) is 1.32. The van der Waals surface area contributed by atoms with E-state index in [0.717, 1.165) is 0 Å². The second-order valence-electron chi connectivity index (χ2n) is 3.48. The van der Waals surface area contributed by atoms with E-state index in [2.05, 4.69) is 0 Å². The molecule has 1 atom stereocenters. The summed E-state index contributed by atoms with van der Waals surface area (Å²) >= 11 is 0. The normalized spacial score (nSPS) is 13.9. The van der Waals surface area contributed by atoms with Crippen LogP contribution in [0, 0.1) is 11.3 Å². The lowest BCUT2D eigenvalue weighted by molar-refractivity contribution is -0.117. The number of carbonyl (C=O) groups excluding carboxylic acids is 1. The molecule has 1 aromatic carbocycles. The summed E-state index contributed by atoms with van der Waals surface area (Å²) in [5.41, 5.74) is -1.74. The number of alkyl halides is 1. The number of hydrogen-bond acceptors (Lipinski definition) is 2. The Labute approximate surface area is 88.3 Å². The van der Waals surface area contributed by atoms with Gasteiger partial charge < -0.3 is 4.79 Å². The van der Waals surface area contributed by atoms with Gasteiger partial charge in [-0.2, -0.15) is 5.26 Å². The Kier molecular flexibility index (Phi) is 3.56. The first kappa shape index (κ1) is 11.4. The fourth-order valence-electron chi connectivity index (χ4n) is 1.32. The molecule has 2 nitrogen and oxygen atoms in total. The van der Waals surface area contributed by atoms with Gasteiger partial charge in [-0.3, -0.25) is 0 Å². The van der Waals surface area contributed by atoms with Crippen LogP contribution in [0.3, 0.4) is 0 Å². The van der Waals surface area contributed by atoms with Crippen molar-refractivity contribution in [3.63, 3.8) is 0 Å². The lowest BCUT2D eigenvalue weighted by Crippen LogP contribution is -2.18. The molecule has 0 amide bonds. The molecule has 15 heavy (non-hydrogen) atoms. The van der Waals surface area contributed by atoms with E-state index in [1.54, 1.807) is 36.4 Å². The number of Topliss-reactive ketones (excluding diaryl/α,β-unsaturated/α-hetero) is 1. The first-order chi connectivity index (χ1) is 7.08. The van der Waals surface area contributed by atoms with Gasteiger partial charge in [0.2, 0.25) is 5.67 Å². The number of nitriles is 1. The maximum absolute atomic E-state index is 14.1. The number of carbonyl (C=O) groups is 1. The predicted molar refractivity (Wildman–Crippen MR) is 54.8 cm³/mol. The van der Waals surface area contributed by atoms with Gasteiger partial charge in [-0.05, 0) is 6.92 Å². The zero-order chi connectivity index (χ0) is 11.3. The van der Waals surface area contributed by atoms with Gasteiger partial charge in [0, 0.05) is 18.4 Å². The van der Waals surface area contributed by atoms with Crippen LogP contribution in [0.2, 0.25) is 0 Å². The maximum atomic E-state index is 14.1. The van der Waals surface area contributed by atoms with Crippen LogP contribution in [0.15, 0.2) is 30.3 Å². The molecule has 0 aliphatic heterocycles. The van der Waals surface area contributed by atoms with Crippen LogP contribution in [0.4, 0.5) is 4.39 Å². The molecule has 1 unspecified atom stereocenters. The molecule has 78 valence electrons. The van der Waals surface area contributed by atoms with Crippen LogP contribution in [0.5, 0.6) is 0 Å². The summed E-state index contributed by atoms with van der Waals surface area (Å²) in [6.45, 7) is 1.39. The monoisotopic (exact) mass is 205 g/mol. The first-order valence-corrected chi connectivity index (χ1v) is 4.73. The summed E-state index contributed by atoms with van der Waals surface area (Å²) in [4.78, 5) is 10.8. The molecule has 1 rings (SSSR count). The molecule has 0 spiro atoms. The summed E-state index contributed by atoms with van der Waals surface area (Å²) in [7, 11) is 0. The fraction of sp³-hybridized carbons (Fsp3) is 0.333. The average Bonchev–Trinajstić information content (AvgIpc) is 2.27. The Balaban J connectivity index is 2.87. The van der Waals surface area contributed by atoms with Crippen LogP contribution < -0.4 is 0 Å². The molecule has 0 radical (unpaired) electrons. The zero-order valence-corrected chi connectivity index (χ0v) is 8.53. The number of rotatable bonds is 4. The molecule has 3 heteroatoms. The Morgan fingerprint density at radius 1 is 1.47 bits per heavy atom. The summed E-state index contributed by atoms with van der Waals surface area (Å²) in [5.74, 6) is -0.108. The third-order valence-electron chi connectivity index (χ3n) is 2.23. The van der Waals surface area contributed by atoms with E-state index in [9.17, 15) is 9.18 Å². The predicted octanol–water partition coefficient (Wildman–Crippen LogP) is 2.74. The lowest BCUT2D eigenvalue weighted by Gasteiger charge is -2.16. The molecule has 0 aliphatic rings. The minimum Gasteiger partial charge on any atom is -0.300 e. The van der Waals surface area contributed by atoms with Gasteiger partial charge in [-0.1, -0.05) is 30.3 Å². The van der Waals surface area contributed by atoms with Crippen molar-refractivity contribution in [2.24, 2.45) is 0 Å². The summed E-state index contributed by atoms with van der Waals surface area (Å²) < 4.78 is 14.1. The maximum Gasteiger partial charge on any atom is 0.221 e. The second kappa shape index (κ2) is 4.70. The van der Waals surface area contributed by atoms with Crippen molar-refractivity contribution in [1.82, 2.24) is 0 Å². The van der Waals surface area contributed by atoms with Crippen molar-refractivity contribution in [2.75, 3.05) is 0 Å². The number of benzene rings is 1. The van der Waals surface area contributed by atoms with E-state index in [1.165, 1.54) is 6.92 Å². The quantitative estimate of drug-likeness (QED) is 0.758. The summed E-state index contributed by atoms with van der Waals surface area (Å²) in [6, 6.07) is 9.86. The van der Waals surface area contributed by atoms with E-state index >= 15 is 0 Å². The highest BCUT2D eigenvalue weighted by molar-refractivity contribution is 5.75. The number of nitrogens with zero attached hydrogens (tertiary/aromatic N) is 1. The molecule has 0 aliphatic carbocycles. The van der Waals surface area contributed by atoms with E-state index < -0.39 is 5.67 Å². The minimum absolute atomic E-state index is 0.0805. The molecule has 1 aromatic rings. The molecule has 0 N–H and O–H groups in total. The van der Waals surface area contributed by atoms with Crippen molar-refractivity contribution in [1.29, 1.82) is 5.26 Å². The Morgan fingerprint density at radius 3 is 2.53 bits per heavy atom. The van der Waals surface area contributed by atoms with Gasteiger partial charge in [0.15, 0.2) is 0 Å². The zero-order valence-electron chi connectivity index (χ0n) is 8.53. The van der Waals surface area contributed by atoms with Crippen LogP contribution in [-0.4, -0.2) is 5.78 Å². The standard InChI is InChI=1S/C12H12FNO/c1-10(15)7-8-12(13,9-14)11-5-3-2-4-6-11/h2-6H,7-8H2,1H3. The SMILES string of the molecule is CC(=O)CCC(F)(C#N)c1ccccc1. The second-order valence-corrected chi connectivity index (χ2v) is 3.48. The topological polar surface area (TPSA) is 40.9 Å². The van der Waals surface area contributed by atoms with Crippen LogP contribution in [0.1, 0.15) is 25.3 Å². The molecule has 0 heterocycles. The first-order valence-electron chi connectivity index (χ1n) is 4.73. The Hall–Kier alpha value is -1.69. The smallest absolute Gasteiger partial charge is 0.221 e. The van der Waals surface area contributed by atoms with E-state index in [1.807, 2.05) is 0 Å². The molecular formula is C12H12FNO. The van der Waals surface area contributed by atoms with Crippen LogP contribution in [-0.2, 0) is 10.5 Å². The lowest BCUT2D eigenvalue weighted by atomic mass is 9.92. The highest BCUT2D eigenvalue weighted by atomic mass is 19.1. The molecule has 0 saturated carbocycles. The van der Waals surface area contributed by atoms with Crippen molar-refractivity contribution >= 4 is 5.78 Å². The van der Waals surface area contributed by atoms with Gasteiger partial charge in [0.05, 0.1) is 0 Å². The van der Waals surface area contributed by atoms with Gasteiger partial charge in [-0.25, -0.2) is 4.39 Å². The van der Waals surface area contributed by atoms with Crippen molar-refractivity contribution < 1.29 is 9.18 Å². The average molecular weight is 205 g/mol. The van der Waals surface area contributed by atoms with Crippen molar-refractivity contribution in [2.45, 2.75) is 25.4 Å². The molecule has 0 aromatic heterocycles. The van der Waals surface area contributed by atoms with E-state index in [-0.39, 0.29) is 18.6 Å². The molecule has 0 bridgehead atoms. The summed E-state index contributed by atoms with van der Waals surface area (Å²) in [5, 5.41) is 8.82. The summed E-state index contributed by atoms with van der Waals surface area (Å²) in [6.07, 6.45) is 0.00179. The van der Waals surface area contributed by atoms with Crippen molar-refractivity contribution in [3.05, 3.63) is 35.9 Å². The van der Waals surface area contributed by atoms with E-state index in [0.29, 0.717) is 5.56 Å². The Morgan fingerprint density at radius 2 is 2.07 bits per heavy atom. The third kappa shape index (κ3) is 2.88. The third-order valence-corrected chi connectivity index (χ3v) is 2.23. The number of ketones is 1. The van der Waals surface area contributed by atoms with Gasteiger partial charge in [0.25, 0.3) is 0 Å². The largest absolute Gasteiger partial charge is 0.300 e. The highest BCUT2D eigenvalue weighted by Crippen LogP contribution is 2.30.